The van der Waals surface area contributed by atoms with Gasteiger partial charge < -0.3 is 20.1 Å². The largest absolute Gasteiger partial charge is 0.495 e. The highest BCUT2D eigenvalue weighted by Gasteiger charge is 2.26. The minimum Gasteiger partial charge on any atom is -0.495 e. The van der Waals surface area contributed by atoms with Gasteiger partial charge in [-0.3, -0.25) is 4.79 Å². The molecule has 1 aliphatic rings. The van der Waals surface area contributed by atoms with Gasteiger partial charge in [-0.05, 0) is 30.3 Å². The van der Waals surface area contributed by atoms with Gasteiger partial charge in [0.1, 0.15) is 5.75 Å². The molecule has 9 heteroatoms. The van der Waals surface area contributed by atoms with Crippen LogP contribution >= 0.6 is 0 Å². The van der Waals surface area contributed by atoms with Crippen LogP contribution in [0.15, 0.2) is 53.4 Å². The minimum atomic E-state index is -3.58. The SMILES string of the molecule is COc1ccccc1NC(=O)CNc1cccc(S(=O)(=O)N2CCOCC2)c1. The number of amides is 1. The summed E-state index contributed by atoms with van der Waals surface area (Å²) in [7, 11) is -2.05. The Morgan fingerprint density at radius 3 is 2.64 bits per heavy atom. The molecule has 1 saturated heterocycles. The molecule has 28 heavy (non-hydrogen) atoms. The van der Waals surface area contributed by atoms with Crippen LogP contribution in [0, 0.1) is 0 Å². The third-order valence-corrected chi connectivity index (χ3v) is 6.17. The van der Waals surface area contributed by atoms with Gasteiger partial charge in [0, 0.05) is 18.8 Å². The summed E-state index contributed by atoms with van der Waals surface area (Å²) in [6.45, 7) is 1.43. The lowest BCUT2D eigenvalue weighted by Gasteiger charge is -2.26. The van der Waals surface area contributed by atoms with Gasteiger partial charge in [0.05, 0.1) is 37.5 Å². The van der Waals surface area contributed by atoms with Gasteiger partial charge in [-0.15, -0.1) is 0 Å². The van der Waals surface area contributed by atoms with Crippen LogP contribution in [-0.2, 0) is 19.6 Å². The molecule has 0 aromatic heterocycles. The molecule has 1 aliphatic heterocycles. The molecule has 1 heterocycles. The third kappa shape index (κ3) is 4.80. The summed E-state index contributed by atoms with van der Waals surface area (Å²) >= 11 is 0. The maximum absolute atomic E-state index is 12.7. The first-order valence-corrected chi connectivity index (χ1v) is 10.3. The Balaban J connectivity index is 1.64. The van der Waals surface area contributed by atoms with E-state index in [0.29, 0.717) is 43.4 Å². The highest BCUT2D eigenvalue weighted by molar-refractivity contribution is 7.89. The summed E-state index contributed by atoms with van der Waals surface area (Å²) in [4.78, 5) is 12.4. The van der Waals surface area contributed by atoms with E-state index in [4.69, 9.17) is 9.47 Å². The first kappa shape index (κ1) is 20.1. The maximum Gasteiger partial charge on any atom is 0.243 e. The van der Waals surface area contributed by atoms with E-state index in [9.17, 15) is 13.2 Å². The number of hydrogen-bond acceptors (Lipinski definition) is 6. The molecule has 2 N–H and O–H groups in total. The van der Waals surface area contributed by atoms with Crippen molar-refractivity contribution in [2.24, 2.45) is 0 Å². The second kappa shape index (κ2) is 9.05. The molecule has 0 unspecified atom stereocenters. The van der Waals surface area contributed by atoms with Gasteiger partial charge in [0.15, 0.2) is 0 Å². The molecule has 1 amide bonds. The molecule has 0 spiro atoms. The Morgan fingerprint density at radius 1 is 1.14 bits per heavy atom. The van der Waals surface area contributed by atoms with Crippen LogP contribution in [0.25, 0.3) is 0 Å². The van der Waals surface area contributed by atoms with Crippen LogP contribution < -0.4 is 15.4 Å². The highest BCUT2D eigenvalue weighted by atomic mass is 32.2. The van der Waals surface area contributed by atoms with E-state index in [2.05, 4.69) is 10.6 Å². The average Bonchev–Trinajstić information content (AvgIpc) is 2.73. The fourth-order valence-electron chi connectivity index (χ4n) is 2.83. The Bertz CT molecular complexity index is 927. The Hall–Kier alpha value is -2.62. The summed E-state index contributed by atoms with van der Waals surface area (Å²) < 4.78 is 37.3. The number of methoxy groups -OCH3 is 1. The van der Waals surface area contributed by atoms with Crippen LogP contribution in [-0.4, -0.2) is 58.6 Å². The molecule has 0 bridgehead atoms. The first-order chi connectivity index (χ1) is 13.5. The van der Waals surface area contributed by atoms with Gasteiger partial charge in [0.2, 0.25) is 15.9 Å². The van der Waals surface area contributed by atoms with E-state index >= 15 is 0 Å². The lowest BCUT2D eigenvalue weighted by molar-refractivity contribution is -0.114. The molecule has 0 saturated carbocycles. The van der Waals surface area contributed by atoms with Gasteiger partial charge in [-0.25, -0.2) is 8.42 Å². The van der Waals surface area contributed by atoms with Crippen molar-refractivity contribution >= 4 is 27.3 Å². The molecule has 0 atom stereocenters. The van der Waals surface area contributed by atoms with E-state index in [0.717, 1.165) is 0 Å². The van der Waals surface area contributed by atoms with E-state index in [1.165, 1.54) is 17.5 Å². The monoisotopic (exact) mass is 405 g/mol. The molecule has 2 aromatic rings. The molecule has 0 aliphatic carbocycles. The van der Waals surface area contributed by atoms with Crippen molar-refractivity contribution in [2.75, 3.05) is 50.6 Å². The zero-order valence-electron chi connectivity index (χ0n) is 15.6. The van der Waals surface area contributed by atoms with Crippen molar-refractivity contribution in [2.45, 2.75) is 4.90 Å². The van der Waals surface area contributed by atoms with Crippen molar-refractivity contribution < 1.29 is 22.7 Å². The number of nitrogens with one attached hydrogen (secondary N) is 2. The molecule has 1 fully saturated rings. The Kier molecular flexibility index (Phi) is 6.50. The molecule has 3 rings (SSSR count). The number of anilines is 2. The molecule has 0 radical (unpaired) electrons. The second-order valence-electron chi connectivity index (χ2n) is 6.15. The fourth-order valence-corrected chi connectivity index (χ4v) is 4.28. The summed E-state index contributed by atoms with van der Waals surface area (Å²) in [5, 5.41) is 5.72. The molecule has 8 nitrogen and oxygen atoms in total. The number of hydrogen-bond donors (Lipinski definition) is 2. The topological polar surface area (TPSA) is 97.0 Å². The quantitative estimate of drug-likeness (QED) is 0.729. The lowest BCUT2D eigenvalue weighted by atomic mass is 10.3. The number of rotatable bonds is 7. The van der Waals surface area contributed by atoms with E-state index in [-0.39, 0.29) is 17.3 Å². The van der Waals surface area contributed by atoms with Gasteiger partial charge >= 0.3 is 0 Å². The fraction of sp³-hybridized carbons (Fsp3) is 0.316. The van der Waals surface area contributed by atoms with Gasteiger partial charge in [-0.2, -0.15) is 4.31 Å². The highest BCUT2D eigenvalue weighted by Crippen LogP contribution is 2.23. The smallest absolute Gasteiger partial charge is 0.243 e. The zero-order chi connectivity index (χ0) is 20.0. The number of ether oxygens (including phenoxy) is 2. The van der Waals surface area contributed by atoms with E-state index < -0.39 is 10.0 Å². The van der Waals surface area contributed by atoms with Crippen molar-refractivity contribution in [1.82, 2.24) is 4.31 Å². The van der Waals surface area contributed by atoms with Crippen molar-refractivity contribution in [1.29, 1.82) is 0 Å². The predicted molar refractivity (Wildman–Crippen MR) is 106 cm³/mol. The lowest BCUT2D eigenvalue weighted by Crippen LogP contribution is -2.40. The van der Waals surface area contributed by atoms with Crippen LogP contribution in [0.5, 0.6) is 5.75 Å². The molecule has 2 aromatic carbocycles. The zero-order valence-corrected chi connectivity index (χ0v) is 16.4. The van der Waals surface area contributed by atoms with Crippen molar-refractivity contribution in [3.05, 3.63) is 48.5 Å². The maximum atomic E-state index is 12.7. The Morgan fingerprint density at radius 2 is 1.89 bits per heavy atom. The van der Waals surface area contributed by atoms with Gasteiger partial charge in [0.25, 0.3) is 0 Å². The van der Waals surface area contributed by atoms with Crippen LogP contribution in [0.4, 0.5) is 11.4 Å². The second-order valence-corrected chi connectivity index (χ2v) is 8.08. The first-order valence-electron chi connectivity index (χ1n) is 8.85. The third-order valence-electron chi connectivity index (χ3n) is 4.28. The minimum absolute atomic E-state index is 0.0148. The van der Waals surface area contributed by atoms with Crippen LogP contribution in [0.1, 0.15) is 0 Å². The standard InChI is InChI=1S/C19H23N3O5S/c1-26-18-8-3-2-7-17(18)21-19(23)14-20-15-5-4-6-16(13-15)28(24,25)22-9-11-27-12-10-22/h2-8,13,20H,9-12,14H2,1H3,(H,21,23). The van der Waals surface area contributed by atoms with Crippen molar-refractivity contribution in [3.8, 4) is 5.75 Å². The molecule has 150 valence electrons. The number of carbonyl (C=O) groups is 1. The number of morpholine rings is 1. The molecular weight excluding hydrogens is 382 g/mol. The number of carbonyl (C=O) groups excluding carboxylic acids is 1. The Labute approximate surface area is 164 Å². The summed E-state index contributed by atoms with van der Waals surface area (Å²) in [5.74, 6) is 0.292. The van der Waals surface area contributed by atoms with Crippen LogP contribution in [0.3, 0.4) is 0 Å². The summed E-state index contributed by atoms with van der Waals surface area (Å²) in [6, 6.07) is 13.5. The van der Waals surface area contributed by atoms with Crippen LogP contribution in [0.2, 0.25) is 0 Å². The average molecular weight is 405 g/mol. The van der Waals surface area contributed by atoms with E-state index in [1.807, 2.05) is 6.07 Å². The summed E-state index contributed by atoms with van der Waals surface area (Å²) in [6.07, 6.45) is 0. The number of nitrogens with zero attached hydrogens (tertiary/aromatic N) is 1. The predicted octanol–water partition coefficient (Wildman–Crippen LogP) is 1.77. The van der Waals surface area contributed by atoms with Gasteiger partial charge in [-0.1, -0.05) is 18.2 Å². The van der Waals surface area contributed by atoms with Crippen molar-refractivity contribution in [3.63, 3.8) is 0 Å². The normalized spacial score (nSPS) is 15.0. The summed E-state index contributed by atoms with van der Waals surface area (Å²) in [5.41, 5.74) is 1.12. The van der Waals surface area contributed by atoms with E-state index in [1.54, 1.807) is 36.4 Å². The number of benzene rings is 2. The molecular formula is C19H23N3O5S. The number of para-hydroxylation sites is 2. The number of sulfonamides is 1.